The summed E-state index contributed by atoms with van der Waals surface area (Å²) in [6.07, 6.45) is 3.45. The molecule has 0 radical (unpaired) electrons. The van der Waals surface area contributed by atoms with E-state index >= 15 is 0 Å². The Bertz CT molecular complexity index is 1220. The summed E-state index contributed by atoms with van der Waals surface area (Å²) in [6.45, 7) is 8.35. The summed E-state index contributed by atoms with van der Waals surface area (Å²) in [6, 6.07) is 14.6. The first-order chi connectivity index (χ1) is 17.3. The number of hydrogen-bond acceptors (Lipinski definition) is 5. The van der Waals surface area contributed by atoms with Crippen molar-refractivity contribution in [3.05, 3.63) is 59.7 Å². The van der Waals surface area contributed by atoms with Gasteiger partial charge in [0.15, 0.2) is 0 Å². The van der Waals surface area contributed by atoms with Gasteiger partial charge >= 0.3 is 0 Å². The molecule has 37 heavy (non-hydrogen) atoms. The van der Waals surface area contributed by atoms with Crippen molar-refractivity contribution in [2.45, 2.75) is 57.5 Å². The molecule has 8 heteroatoms. The second-order valence-electron chi connectivity index (χ2n) is 12.0. The van der Waals surface area contributed by atoms with Crippen LogP contribution in [-0.4, -0.2) is 63.8 Å². The fraction of sp³-hybridized carbons (Fsp3) is 0.552. The molecule has 0 saturated heterocycles. The molecule has 7 nitrogen and oxygen atoms in total. The molecule has 2 fully saturated rings. The molecule has 1 amide bonds. The third-order valence-corrected chi connectivity index (χ3v) is 10.4. The highest BCUT2D eigenvalue weighted by molar-refractivity contribution is 7.89. The number of likely N-dealkylation sites (N-methyl/N-ethyl adjacent to an activating group) is 1. The number of rotatable bonds is 10. The number of amides is 1. The lowest BCUT2D eigenvalue weighted by Crippen LogP contribution is -2.52. The predicted octanol–water partition coefficient (Wildman–Crippen LogP) is 4.43. The number of fused-ring (bicyclic) bond motifs is 2. The summed E-state index contributed by atoms with van der Waals surface area (Å²) in [7, 11) is 1.65. The Kier molecular flexibility index (Phi) is 7.75. The van der Waals surface area contributed by atoms with Crippen LogP contribution in [0.3, 0.4) is 0 Å². The SMILES string of the molecule is CN(C)CCNc1ccc(C(=O)NC2C(C)(C)[C@H]3CC[C@@]2(C)C3)cc1S(=O)(=O)N(C)Cc1ccccc1. The van der Waals surface area contributed by atoms with Crippen molar-refractivity contribution in [1.82, 2.24) is 14.5 Å². The second-order valence-corrected chi connectivity index (χ2v) is 14.0. The number of hydrogen-bond donors (Lipinski definition) is 2. The van der Waals surface area contributed by atoms with E-state index < -0.39 is 10.0 Å². The Morgan fingerprint density at radius 3 is 2.38 bits per heavy atom. The number of anilines is 1. The summed E-state index contributed by atoms with van der Waals surface area (Å²) < 4.78 is 28.9. The lowest BCUT2D eigenvalue weighted by Gasteiger charge is -2.43. The van der Waals surface area contributed by atoms with Crippen LogP contribution in [0.5, 0.6) is 0 Å². The van der Waals surface area contributed by atoms with Gasteiger partial charge in [-0.15, -0.1) is 0 Å². The van der Waals surface area contributed by atoms with E-state index in [9.17, 15) is 13.2 Å². The van der Waals surface area contributed by atoms with Crippen LogP contribution in [0.15, 0.2) is 53.4 Å². The van der Waals surface area contributed by atoms with Crippen molar-refractivity contribution in [1.29, 1.82) is 0 Å². The van der Waals surface area contributed by atoms with Crippen LogP contribution < -0.4 is 10.6 Å². The predicted molar refractivity (Wildman–Crippen MR) is 149 cm³/mol. The summed E-state index contributed by atoms with van der Waals surface area (Å²) in [5.41, 5.74) is 1.87. The molecule has 2 aromatic rings. The Hall–Kier alpha value is -2.42. The number of nitrogens with zero attached hydrogens (tertiary/aromatic N) is 2. The van der Waals surface area contributed by atoms with Crippen LogP contribution in [0, 0.1) is 16.7 Å². The molecule has 2 aromatic carbocycles. The van der Waals surface area contributed by atoms with Crippen LogP contribution >= 0.6 is 0 Å². The standard InChI is InChI=1S/C29H42N4O3S/c1-28(2)23-14-15-29(3,19-23)27(28)31-26(34)22-12-13-24(30-16-17-32(4)5)25(18-22)37(35,36)33(6)20-21-10-8-7-9-11-21/h7-13,18,23,27,30H,14-17,19-20H2,1-6H3,(H,31,34)/t23-,27?,29-/m0/s1. The molecule has 0 heterocycles. The Morgan fingerprint density at radius 1 is 1.05 bits per heavy atom. The molecule has 2 saturated carbocycles. The van der Waals surface area contributed by atoms with E-state index in [1.165, 1.54) is 16.8 Å². The van der Waals surface area contributed by atoms with Gasteiger partial charge in [0.25, 0.3) is 5.91 Å². The zero-order valence-electron chi connectivity index (χ0n) is 23.0. The number of nitrogens with one attached hydrogen (secondary N) is 2. The van der Waals surface area contributed by atoms with Gasteiger partial charge in [-0.3, -0.25) is 4.79 Å². The maximum Gasteiger partial charge on any atom is 0.251 e. The van der Waals surface area contributed by atoms with Crippen molar-refractivity contribution in [2.24, 2.45) is 16.7 Å². The van der Waals surface area contributed by atoms with Crippen LogP contribution in [0.4, 0.5) is 5.69 Å². The number of carbonyl (C=O) groups is 1. The van der Waals surface area contributed by atoms with E-state index in [1.807, 2.05) is 49.3 Å². The molecule has 202 valence electrons. The van der Waals surface area contributed by atoms with Crippen LogP contribution in [0.2, 0.25) is 0 Å². The highest BCUT2D eigenvalue weighted by atomic mass is 32.2. The fourth-order valence-electron chi connectivity index (χ4n) is 6.41. The first-order valence-corrected chi connectivity index (χ1v) is 14.6. The summed E-state index contributed by atoms with van der Waals surface area (Å²) >= 11 is 0. The van der Waals surface area contributed by atoms with Gasteiger partial charge in [-0.05, 0) is 73.9 Å². The third-order valence-electron chi connectivity index (χ3n) is 8.60. The smallest absolute Gasteiger partial charge is 0.251 e. The first kappa shape index (κ1) is 27.6. The normalized spacial score (nSPS) is 24.5. The van der Waals surface area contributed by atoms with Gasteiger partial charge in [0.2, 0.25) is 10.0 Å². The van der Waals surface area contributed by atoms with Gasteiger partial charge in [-0.25, -0.2) is 8.42 Å². The quantitative estimate of drug-likeness (QED) is 0.479. The molecule has 2 N–H and O–H groups in total. The highest BCUT2D eigenvalue weighted by Crippen LogP contribution is 2.62. The van der Waals surface area contributed by atoms with E-state index in [4.69, 9.17) is 0 Å². The van der Waals surface area contributed by atoms with E-state index in [1.54, 1.807) is 19.2 Å². The molecule has 0 aliphatic heterocycles. The minimum absolute atomic E-state index is 0.0150. The van der Waals surface area contributed by atoms with Crippen LogP contribution in [-0.2, 0) is 16.6 Å². The van der Waals surface area contributed by atoms with Gasteiger partial charge in [-0.1, -0.05) is 51.1 Å². The molecule has 3 atom stereocenters. The van der Waals surface area contributed by atoms with Gasteiger partial charge in [0, 0.05) is 38.3 Å². The van der Waals surface area contributed by atoms with E-state index in [2.05, 4.69) is 31.4 Å². The van der Waals surface area contributed by atoms with Crippen molar-refractivity contribution < 1.29 is 13.2 Å². The molecule has 4 rings (SSSR count). The number of carbonyl (C=O) groups excluding carboxylic acids is 1. The lowest BCUT2D eigenvalue weighted by molar-refractivity contribution is 0.0737. The Labute approximate surface area is 222 Å². The molecular formula is C29H42N4O3S. The molecule has 2 aliphatic carbocycles. The van der Waals surface area contributed by atoms with Gasteiger partial charge < -0.3 is 15.5 Å². The maximum absolute atomic E-state index is 13.8. The molecular weight excluding hydrogens is 484 g/mol. The largest absolute Gasteiger partial charge is 0.383 e. The van der Waals surface area contributed by atoms with Crippen LogP contribution in [0.1, 0.15) is 56.0 Å². The lowest BCUT2D eigenvalue weighted by atomic mass is 9.68. The van der Waals surface area contributed by atoms with Gasteiger partial charge in [-0.2, -0.15) is 4.31 Å². The minimum Gasteiger partial charge on any atom is -0.383 e. The maximum atomic E-state index is 13.8. The van der Waals surface area contributed by atoms with E-state index in [-0.39, 0.29) is 34.2 Å². The fourth-order valence-corrected chi connectivity index (χ4v) is 7.76. The number of benzene rings is 2. The molecule has 0 spiro atoms. The highest BCUT2D eigenvalue weighted by Gasteiger charge is 2.59. The van der Waals surface area contributed by atoms with Crippen LogP contribution in [0.25, 0.3) is 0 Å². The zero-order valence-corrected chi connectivity index (χ0v) is 23.9. The summed E-state index contributed by atoms with van der Waals surface area (Å²) in [5, 5.41) is 6.58. The average molecular weight is 527 g/mol. The molecule has 2 bridgehead atoms. The van der Waals surface area contributed by atoms with Gasteiger partial charge in [0.05, 0.1) is 5.69 Å². The van der Waals surface area contributed by atoms with Crippen molar-refractivity contribution in [3.8, 4) is 0 Å². The Morgan fingerprint density at radius 2 is 1.76 bits per heavy atom. The van der Waals surface area contributed by atoms with Crippen molar-refractivity contribution >= 4 is 21.6 Å². The zero-order chi connectivity index (χ0) is 27.0. The minimum atomic E-state index is -3.87. The molecule has 2 aliphatic rings. The average Bonchev–Trinajstić information content (AvgIpc) is 3.33. The van der Waals surface area contributed by atoms with Crippen molar-refractivity contribution in [3.63, 3.8) is 0 Å². The van der Waals surface area contributed by atoms with E-state index in [0.717, 1.165) is 24.9 Å². The topological polar surface area (TPSA) is 81.8 Å². The van der Waals surface area contributed by atoms with E-state index in [0.29, 0.717) is 23.7 Å². The van der Waals surface area contributed by atoms with Gasteiger partial charge in [0.1, 0.15) is 4.90 Å². The summed E-state index contributed by atoms with van der Waals surface area (Å²) in [4.78, 5) is 15.7. The van der Waals surface area contributed by atoms with Crippen molar-refractivity contribution in [2.75, 3.05) is 39.5 Å². The number of sulfonamides is 1. The molecule has 0 aromatic heterocycles. The summed E-state index contributed by atoms with van der Waals surface area (Å²) in [5.74, 6) is 0.391. The second kappa shape index (κ2) is 10.4. The Balaban J connectivity index is 1.62. The molecule has 1 unspecified atom stereocenters. The monoisotopic (exact) mass is 526 g/mol. The third kappa shape index (κ3) is 5.56. The first-order valence-electron chi connectivity index (χ1n) is 13.2.